The quantitative estimate of drug-likeness (QED) is 0.475. The molecular formula is C15H16N2. The maximum atomic E-state index is 5.47. The molecule has 2 rings (SSSR count). The van der Waals surface area contributed by atoms with Crippen LogP contribution in [0.25, 0.3) is 10.8 Å². The summed E-state index contributed by atoms with van der Waals surface area (Å²) < 4.78 is 0. The summed E-state index contributed by atoms with van der Waals surface area (Å²) in [5.41, 5.74) is 4.01. The molecule has 0 fully saturated rings. The molecule has 2 nitrogen and oxygen atoms in total. The molecule has 0 heterocycles. The van der Waals surface area contributed by atoms with Gasteiger partial charge in [-0.05, 0) is 22.8 Å². The third-order valence-electron chi connectivity index (χ3n) is 2.90. The van der Waals surface area contributed by atoms with Crippen molar-refractivity contribution in [1.29, 1.82) is 0 Å². The molecule has 2 aromatic carbocycles. The Labute approximate surface area is 102 Å². The summed E-state index contributed by atoms with van der Waals surface area (Å²) in [6, 6.07) is 14.9. The first-order valence-corrected chi connectivity index (χ1v) is 5.71. The molecule has 17 heavy (non-hydrogen) atoms. The van der Waals surface area contributed by atoms with Crippen LogP contribution in [0.3, 0.4) is 0 Å². The van der Waals surface area contributed by atoms with Crippen molar-refractivity contribution in [1.82, 2.24) is 5.43 Å². The van der Waals surface area contributed by atoms with E-state index in [-0.39, 0.29) is 6.04 Å². The van der Waals surface area contributed by atoms with E-state index in [0.29, 0.717) is 6.42 Å². The Hall–Kier alpha value is -1.82. The minimum atomic E-state index is 0.140. The number of hydrogen-bond donors (Lipinski definition) is 2. The third-order valence-corrected chi connectivity index (χ3v) is 2.90. The zero-order valence-electron chi connectivity index (χ0n) is 9.69. The molecule has 2 aromatic rings. The van der Waals surface area contributed by atoms with E-state index in [4.69, 9.17) is 12.3 Å². The summed E-state index contributed by atoms with van der Waals surface area (Å²) in [6.07, 6.45) is 6.80. The lowest BCUT2D eigenvalue weighted by molar-refractivity contribution is 0.537. The number of hydrazine groups is 1. The van der Waals surface area contributed by atoms with Gasteiger partial charge in [-0.3, -0.25) is 11.3 Å². The Morgan fingerprint density at radius 1 is 1.18 bits per heavy atom. The number of terminal acetylenes is 1. The molecule has 0 spiro atoms. The molecule has 3 N–H and O–H groups in total. The fraction of sp³-hybridized carbons (Fsp3) is 0.200. The van der Waals surface area contributed by atoms with E-state index in [1.54, 1.807) is 0 Å². The Kier molecular flexibility index (Phi) is 3.77. The Balaban J connectivity index is 2.22. The van der Waals surface area contributed by atoms with Crippen molar-refractivity contribution >= 4 is 10.8 Å². The summed E-state index contributed by atoms with van der Waals surface area (Å²) in [5, 5.41) is 2.51. The van der Waals surface area contributed by atoms with E-state index in [1.165, 1.54) is 16.3 Å². The first-order valence-electron chi connectivity index (χ1n) is 5.71. The van der Waals surface area contributed by atoms with E-state index < -0.39 is 0 Å². The van der Waals surface area contributed by atoms with Gasteiger partial charge in [-0.1, -0.05) is 42.5 Å². The monoisotopic (exact) mass is 224 g/mol. The molecule has 2 heteroatoms. The number of nitrogens with one attached hydrogen (secondary N) is 1. The molecule has 1 atom stereocenters. The van der Waals surface area contributed by atoms with Gasteiger partial charge in [0.25, 0.3) is 0 Å². The van der Waals surface area contributed by atoms with Crippen LogP contribution in [0.2, 0.25) is 0 Å². The first kappa shape index (κ1) is 11.7. The SMILES string of the molecule is C#CCC(Cc1ccc2ccccc2c1)NN. The van der Waals surface area contributed by atoms with Gasteiger partial charge < -0.3 is 0 Å². The minimum absolute atomic E-state index is 0.140. The normalized spacial score (nSPS) is 12.2. The highest BCUT2D eigenvalue weighted by Gasteiger charge is 2.06. The van der Waals surface area contributed by atoms with Crippen LogP contribution in [0, 0.1) is 12.3 Å². The summed E-state index contributed by atoms with van der Waals surface area (Å²) in [4.78, 5) is 0. The summed E-state index contributed by atoms with van der Waals surface area (Å²) >= 11 is 0. The van der Waals surface area contributed by atoms with Crippen molar-refractivity contribution in [3.05, 3.63) is 48.0 Å². The maximum Gasteiger partial charge on any atom is 0.0360 e. The topological polar surface area (TPSA) is 38.0 Å². The Bertz CT molecular complexity index is 540. The van der Waals surface area contributed by atoms with Gasteiger partial charge in [0, 0.05) is 12.5 Å². The van der Waals surface area contributed by atoms with Gasteiger partial charge in [0.2, 0.25) is 0 Å². The van der Waals surface area contributed by atoms with Crippen LogP contribution in [0.1, 0.15) is 12.0 Å². The Morgan fingerprint density at radius 2 is 1.94 bits per heavy atom. The molecule has 86 valence electrons. The second-order valence-corrected chi connectivity index (χ2v) is 4.16. The van der Waals surface area contributed by atoms with Gasteiger partial charge in [0.1, 0.15) is 0 Å². The predicted octanol–water partition coefficient (Wildman–Crippen LogP) is 2.24. The van der Waals surface area contributed by atoms with E-state index in [9.17, 15) is 0 Å². The molecule has 0 aliphatic rings. The highest BCUT2D eigenvalue weighted by Crippen LogP contribution is 2.16. The van der Waals surface area contributed by atoms with Gasteiger partial charge in [0.15, 0.2) is 0 Å². The predicted molar refractivity (Wildman–Crippen MR) is 72.2 cm³/mol. The van der Waals surface area contributed by atoms with Crippen molar-refractivity contribution in [2.45, 2.75) is 18.9 Å². The van der Waals surface area contributed by atoms with Gasteiger partial charge in [-0.15, -0.1) is 12.3 Å². The van der Waals surface area contributed by atoms with Crippen molar-refractivity contribution in [2.75, 3.05) is 0 Å². The van der Waals surface area contributed by atoms with E-state index in [2.05, 4.69) is 41.7 Å². The number of nitrogens with two attached hydrogens (primary N) is 1. The second-order valence-electron chi connectivity index (χ2n) is 4.16. The Morgan fingerprint density at radius 3 is 2.65 bits per heavy atom. The molecule has 0 saturated carbocycles. The van der Waals surface area contributed by atoms with E-state index in [0.717, 1.165) is 6.42 Å². The number of benzene rings is 2. The zero-order valence-corrected chi connectivity index (χ0v) is 9.69. The number of fused-ring (bicyclic) bond motifs is 1. The van der Waals surface area contributed by atoms with Gasteiger partial charge in [0.05, 0.1) is 0 Å². The van der Waals surface area contributed by atoms with Crippen LogP contribution in [0.5, 0.6) is 0 Å². The van der Waals surface area contributed by atoms with Crippen LogP contribution in [-0.4, -0.2) is 6.04 Å². The van der Waals surface area contributed by atoms with E-state index in [1.807, 2.05) is 12.1 Å². The molecule has 0 aliphatic heterocycles. The minimum Gasteiger partial charge on any atom is -0.271 e. The van der Waals surface area contributed by atoms with E-state index >= 15 is 0 Å². The fourth-order valence-electron chi connectivity index (χ4n) is 1.98. The van der Waals surface area contributed by atoms with Crippen molar-refractivity contribution < 1.29 is 0 Å². The van der Waals surface area contributed by atoms with Crippen LogP contribution in [0.15, 0.2) is 42.5 Å². The van der Waals surface area contributed by atoms with Crippen molar-refractivity contribution in [3.8, 4) is 12.3 Å². The lowest BCUT2D eigenvalue weighted by Gasteiger charge is -2.13. The standard InChI is InChI=1S/C15H16N2/c1-2-5-15(17-16)11-12-8-9-13-6-3-4-7-14(13)10-12/h1,3-4,6-10,15,17H,5,11,16H2. The third kappa shape index (κ3) is 2.85. The molecule has 0 aliphatic carbocycles. The van der Waals surface area contributed by atoms with Crippen molar-refractivity contribution in [2.24, 2.45) is 5.84 Å². The average molecular weight is 224 g/mol. The second kappa shape index (κ2) is 5.49. The molecule has 0 radical (unpaired) electrons. The van der Waals surface area contributed by atoms with Crippen LogP contribution >= 0.6 is 0 Å². The largest absolute Gasteiger partial charge is 0.271 e. The lowest BCUT2D eigenvalue weighted by Crippen LogP contribution is -2.36. The molecule has 0 amide bonds. The highest BCUT2D eigenvalue weighted by molar-refractivity contribution is 5.82. The van der Waals surface area contributed by atoms with Crippen molar-refractivity contribution in [3.63, 3.8) is 0 Å². The molecule has 1 unspecified atom stereocenters. The summed E-state index contributed by atoms with van der Waals surface area (Å²) in [5.74, 6) is 8.11. The molecular weight excluding hydrogens is 208 g/mol. The highest BCUT2D eigenvalue weighted by atomic mass is 15.2. The summed E-state index contributed by atoms with van der Waals surface area (Å²) in [7, 11) is 0. The molecule has 0 saturated heterocycles. The van der Waals surface area contributed by atoms with Gasteiger partial charge in [-0.25, -0.2) is 0 Å². The number of rotatable bonds is 4. The molecule has 0 bridgehead atoms. The maximum absolute atomic E-state index is 5.47. The fourth-order valence-corrected chi connectivity index (χ4v) is 1.98. The van der Waals surface area contributed by atoms with Crippen LogP contribution in [-0.2, 0) is 6.42 Å². The molecule has 0 aromatic heterocycles. The number of hydrogen-bond acceptors (Lipinski definition) is 2. The average Bonchev–Trinajstić information content (AvgIpc) is 2.38. The van der Waals surface area contributed by atoms with Gasteiger partial charge in [-0.2, -0.15) is 0 Å². The van der Waals surface area contributed by atoms with Crippen LogP contribution < -0.4 is 11.3 Å². The zero-order chi connectivity index (χ0) is 12.1. The lowest BCUT2D eigenvalue weighted by atomic mass is 10.0. The van der Waals surface area contributed by atoms with Gasteiger partial charge >= 0.3 is 0 Å². The summed E-state index contributed by atoms with van der Waals surface area (Å²) in [6.45, 7) is 0. The smallest absolute Gasteiger partial charge is 0.0360 e. The van der Waals surface area contributed by atoms with Crippen LogP contribution in [0.4, 0.5) is 0 Å². The first-order chi connectivity index (χ1) is 8.33.